The molecule has 94 valence electrons. The van der Waals surface area contributed by atoms with E-state index in [1.54, 1.807) is 6.07 Å². The Morgan fingerprint density at radius 2 is 2.18 bits per heavy atom. The minimum Gasteiger partial charge on any atom is -0.494 e. The number of nitrogens with one attached hydrogen (secondary N) is 1. The lowest BCUT2D eigenvalue weighted by Gasteiger charge is -2.14. The molecule has 1 N–H and O–H groups in total. The van der Waals surface area contributed by atoms with Crippen molar-refractivity contribution in [3.63, 3.8) is 0 Å². The molecule has 0 heterocycles. The van der Waals surface area contributed by atoms with Crippen LogP contribution in [0.15, 0.2) is 29.8 Å². The van der Waals surface area contributed by atoms with Gasteiger partial charge in [-0.1, -0.05) is 17.7 Å². The Labute approximate surface area is 102 Å². The number of hydrogen-bond acceptors (Lipinski definition) is 2. The summed E-state index contributed by atoms with van der Waals surface area (Å²) in [6.07, 6.45) is 2.11. The molecule has 0 saturated heterocycles. The maximum absolute atomic E-state index is 13.5. The van der Waals surface area contributed by atoms with E-state index in [0.29, 0.717) is 0 Å². The molecular weight excluding hydrogens is 217 g/mol. The van der Waals surface area contributed by atoms with E-state index in [2.05, 4.69) is 25.2 Å². The summed E-state index contributed by atoms with van der Waals surface area (Å²) in [5, 5.41) is 3.31. The average Bonchev–Trinajstić information content (AvgIpc) is 2.28. The van der Waals surface area contributed by atoms with Gasteiger partial charge < -0.3 is 10.1 Å². The third-order valence-electron chi connectivity index (χ3n) is 2.61. The fourth-order valence-electron chi connectivity index (χ4n) is 1.51. The first-order valence-corrected chi connectivity index (χ1v) is 5.74. The van der Waals surface area contributed by atoms with Crippen LogP contribution in [-0.4, -0.2) is 13.7 Å². The van der Waals surface area contributed by atoms with Crippen molar-refractivity contribution in [2.75, 3.05) is 13.7 Å². The first kappa shape index (κ1) is 13.7. The minimum atomic E-state index is -0.319. The summed E-state index contributed by atoms with van der Waals surface area (Å²) >= 11 is 0. The van der Waals surface area contributed by atoms with Gasteiger partial charge in [0.1, 0.15) is 0 Å². The molecule has 17 heavy (non-hydrogen) atoms. The van der Waals surface area contributed by atoms with Gasteiger partial charge in [0.05, 0.1) is 7.11 Å². The molecule has 3 heteroatoms. The van der Waals surface area contributed by atoms with Crippen LogP contribution in [0.1, 0.15) is 32.4 Å². The maximum atomic E-state index is 13.5. The fraction of sp³-hybridized carbons (Fsp3) is 0.429. The molecule has 0 aromatic heterocycles. The zero-order valence-corrected chi connectivity index (χ0v) is 10.9. The van der Waals surface area contributed by atoms with Gasteiger partial charge in [0.15, 0.2) is 11.6 Å². The van der Waals surface area contributed by atoms with E-state index in [9.17, 15) is 4.39 Å². The highest BCUT2D eigenvalue weighted by atomic mass is 19.1. The Kier molecular flexibility index (Phi) is 5.16. The zero-order chi connectivity index (χ0) is 12.8. The molecule has 0 radical (unpaired) electrons. The quantitative estimate of drug-likeness (QED) is 0.792. The second-order valence-electron chi connectivity index (χ2n) is 4.31. The Hall–Kier alpha value is -1.35. The first-order valence-electron chi connectivity index (χ1n) is 5.74. The highest BCUT2D eigenvalue weighted by molar-refractivity contribution is 5.30. The molecule has 0 fully saturated rings. The average molecular weight is 237 g/mol. The summed E-state index contributed by atoms with van der Waals surface area (Å²) < 4.78 is 18.4. The van der Waals surface area contributed by atoms with Gasteiger partial charge in [-0.15, -0.1) is 0 Å². The van der Waals surface area contributed by atoms with Crippen LogP contribution in [0.25, 0.3) is 0 Å². The van der Waals surface area contributed by atoms with E-state index in [0.717, 1.165) is 12.1 Å². The van der Waals surface area contributed by atoms with Crippen LogP contribution in [0.5, 0.6) is 5.75 Å². The maximum Gasteiger partial charge on any atom is 0.165 e. The Morgan fingerprint density at radius 3 is 2.71 bits per heavy atom. The lowest BCUT2D eigenvalue weighted by atomic mass is 10.1. The van der Waals surface area contributed by atoms with E-state index in [1.165, 1.54) is 18.7 Å². The van der Waals surface area contributed by atoms with Gasteiger partial charge in [-0.05, 0) is 38.5 Å². The van der Waals surface area contributed by atoms with Crippen molar-refractivity contribution in [2.24, 2.45) is 0 Å². The van der Waals surface area contributed by atoms with Crippen LogP contribution in [0, 0.1) is 5.82 Å². The SMILES string of the molecule is COc1ccc(C(C)NCC=C(C)C)cc1F. The number of rotatable bonds is 5. The summed E-state index contributed by atoms with van der Waals surface area (Å²) in [4.78, 5) is 0. The topological polar surface area (TPSA) is 21.3 Å². The molecule has 2 nitrogen and oxygen atoms in total. The summed E-state index contributed by atoms with van der Waals surface area (Å²) in [5.41, 5.74) is 2.19. The molecule has 1 rings (SSSR count). The van der Waals surface area contributed by atoms with Crippen molar-refractivity contribution in [3.05, 3.63) is 41.2 Å². The van der Waals surface area contributed by atoms with Gasteiger partial charge in [-0.3, -0.25) is 0 Å². The third-order valence-corrected chi connectivity index (χ3v) is 2.61. The number of benzene rings is 1. The number of hydrogen-bond donors (Lipinski definition) is 1. The first-order chi connectivity index (χ1) is 8.04. The van der Waals surface area contributed by atoms with Crippen molar-refractivity contribution in [2.45, 2.75) is 26.8 Å². The van der Waals surface area contributed by atoms with Crippen molar-refractivity contribution < 1.29 is 9.13 Å². The van der Waals surface area contributed by atoms with Crippen LogP contribution in [0.3, 0.4) is 0 Å². The number of allylic oxidation sites excluding steroid dienone is 1. The number of ether oxygens (including phenoxy) is 1. The van der Waals surface area contributed by atoms with Crippen molar-refractivity contribution >= 4 is 0 Å². The van der Waals surface area contributed by atoms with E-state index in [-0.39, 0.29) is 17.6 Å². The molecule has 0 saturated carbocycles. The van der Waals surface area contributed by atoms with E-state index in [1.807, 2.05) is 13.0 Å². The van der Waals surface area contributed by atoms with Crippen LogP contribution < -0.4 is 10.1 Å². The summed E-state index contributed by atoms with van der Waals surface area (Å²) in [7, 11) is 1.47. The lowest BCUT2D eigenvalue weighted by molar-refractivity contribution is 0.385. The van der Waals surface area contributed by atoms with E-state index in [4.69, 9.17) is 4.74 Å². The molecule has 0 bridgehead atoms. The summed E-state index contributed by atoms with van der Waals surface area (Å²) in [6, 6.07) is 5.16. The molecule has 0 aliphatic carbocycles. The fourth-order valence-corrected chi connectivity index (χ4v) is 1.51. The van der Waals surface area contributed by atoms with Gasteiger partial charge in [0, 0.05) is 12.6 Å². The highest BCUT2D eigenvalue weighted by Gasteiger charge is 2.08. The second-order valence-corrected chi connectivity index (χ2v) is 4.31. The van der Waals surface area contributed by atoms with Crippen molar-refractivity contribution in [3.8, 4) is 5.75 Å². The normalized spacial score (nSPS) is 12.1. The van der Waals surface area contributed by atoms with Gasteiger partial charge in [0.25, 0.3) is 0 Å². The Bertz CT molecular complexity index is 397. The third kappa shape index (κ3) is 4.19. The minimum absolute atomic E-state index is 0.117. The zero-order valence-electron chi connectivity index (χ0n) is 10.9. The lowest BCUT2D eigenvalue weighted by Crippen LogP contribution is -2.18. The van der Waals surface area contributed by atoms with Gasteiger partial charge in [-0.2, -0.15) is 0 Å². The number of methoxy groups -OCH3 is 1. The molecule has 0 spiro atoms. The molecular formula is C14H20FNO. The van der Waals surface area contributed by atoms with Crippen molar-refractivity contribution in [1.29, 1.82) is 0 Å². The summed E-state index contributed by atoms with van der Waals surface area (Å²) in [6.45, 7) is 6.91. The number of halogens is 1. The molecule has 1 aromatic rings. The van der Waals surface area contributed by atoms with Crippen LogP contribution in [0.2, 0.25) is 0 Å². The highest BCUT2D eigenvalue weighted by Crippen LogP contribution is 2.21. The predicted octanol–water partition coefficient (Wildman–Crippen LogP) is 3.45. The van der Waals surface area contributed by atoms with Gasteiger partial charge >= 0.3 is 0 Å². The van der Waals surface area contributed by atoms with Crippen LogP contribution in [0.4, 0.5) is 4.39 Å². The van der Waals surface area contributed by atoms with Gasteiger partial charge in [-0.25, -0.2) is 4.39 Å². The molecule has 1 atom stereocenters. The largest absolute Gasteiger partial charge is 0.494 e. The van der Waals surface area contributed by atoms with Crippen LogP contribution >= 0.6 is 0 Å². The van der Waals surface area contributed by atoms with E-state index < -0.39 is 0 Å². The second kappa shape index (κ2) is 6.40. The molecule has 0 aliphatic heterocycles. The molecule has 0 aliphatic rings. The summed E-state index contributed by atoms with van der Waals surface area (Å²) in [5.74, 6) is -0.0360. The van der Waals surface area contributed by atoms with E-state index >= 15 is 0 Å². The standard InChI is InChI=1S/C14H20FNO/c1-10(2)7-8-16-11(3)12-5-6-14(17-4)13(15)9-12/h5-7,9,11,16H,8H2,1-4H3. The molecule has 1 unspecified atom stereocenters. The predicted molar refractivity (Wildman–Crippen MR) is 68.8 cm³/mol. The molecule has 1 aromatic carbocycles. The molecule has 0 amide bonds. The monoisotopic (exact) mass is 237 g/mol. The van der Waals surface area contributed by atoms with Gasteiger partial charge in [0.2, 0.25) is 0 Å². The van der Waals surface area contributed by atoms with Crippen molar-refractivity contribution in [1.82, 2.24) is 5.32 Å². The Morgan fingerprint density at radius 1 is 1.47 bits per heavy atom. The van der Waals surface area contributed by atoms with Crippen LogP contribution in [-0.2, 0) is 0 Å². The smallest absolute Gasteiger partial charge is 0.165 e. The Balaban J connectivity index is 2.66.